The lowest BCUT2D eigenvalue weighted by Crippen LogP contribution is -2.39. The summed E-state index contributed by atoms with van der Waals surface area (Å²) in [6, 6.07) is 9.34. The number of piperidine rings is 1. The standard InChI is InChI=1S/C24H27F3N2O6S/c25-24(26,27)16-4-6-17(7-5-16)34-18-8-12-29(13-9-18)36(32)21-3-1-2-20(22(21)23(30)28-31)35-19-10-14-33-15-11-19/h1-7,18-19,31H,8-15H2,(H,28,30). The van der Waals surface area contributed by atoms with Gasteiger partial charge >= 0.3 is 6.18 Å². The highest BCUT2D eigenvalue weighted by atomic mass is 32.2. The van der Waals surface area contributed by atoms with E-state index < -0.39 is 28.6 Å². The maximum atomic E-state index is 13.4. The zero-order valence-electron chi connectivity index (χ0n) is 19.3. The third-order valence-electron chi connectivity index (χ3n) is 6.09. The number of halogens is 3. The van der Waals surface area contributed by atoms with Crippen LogP contribution in [0.5, 0.6) is 11.5 Å². The molecule has 4 rings (SSSR count). The van der Waals surface area contributed by atoms with Gasteiger partial charge in [0.25, 0.3) is 5.91 Å². The Morgan fingerprint density at radius 2 is 1.64 bits per heavy atom. The number of alkyl halides is 3. The minimum Gasteiger partial charge on any atom is -0.490 e. The van der Waals surface area contributed by atoms with Gasteiger partial charge in [-0.1, -0.05) is 6.07 Å². The fraction of sp³-hybridized carbons (Fsp3) is 0.458. The lowest BCUT2D eigenvalue weighted by Gasteiger charge is -2.31. The van der Waals surface area contributed by atoms with Gasteiger partial charge in [0.05, 0.1) is 23.7 Å². The zero-order chi connectivity index (χ0) is 25.7. The Bertz CT molecular complexity index is 1070. The van der Waals surface area contributed by atoms with Crippen LogP contribution in [-0.4, -0.2) is 58.1 Å². The van der Waals surface area contributed by atoms with E-state index in [1.807, 2.05) is 0 Å². The number of carbonyl (C=O) groups excluding carboxylic acids is 1. The molecule has 0 saturated carbocycles. The highest BCUT2D eigenvalue weighted by molar-refractivity contribution is 7.82. The van der Waals surface area contributed by atoms with Crippen LogP contribution >= 0.6 is 0 Å². The second-order valence-corrected chi connectivity index (χ2v) is 9.97. The minimum atomic E-state index is -4.41. The van der Waals surface area contributed by atoms with Crippen LogP contribution in [0.25, 0.3) is 0 Å². The summed E-state index contributed by atoms with van der Waals surface area (Å²) in [4.78, 5) is 12.7. The summed E-state index contributed by atoms with van der Waals surface area (Å²) < 4.78 is 70.5. The molecular weight excluding hydrogens is 501 g/mol. The predicted octanol–water partition coefficient (Wildman–Crippen LogP) is 3.95. The van der Waals surface area contributed by atoms with Crippen LogP contribution < -0.4 is 15.0 Å². The smallest absolute Gasteiger partial charge is 0.416 e. The summed E-state index contributed by atoms with van der Waals surface area (Å²) in [5.74, 6) is -0.246. The SMILES string of the molecule is O=C(NO)c1c(OC2CCOCC2)cccc1S(=O)N1CCC(Oc2ccc(C(F)(F)F)cc2)CC1. The number of hydroxylamine groups is 1. The molecule has 8 nitrogen and oxygen atoms in total. The molecule has 1 unspecified atom stereocenters. The number of hydrogen-bond donors (Lipinski definition) is 2. The Balaban J connectivity index is 1.42. The van der Waals surface area contributed by atoms with Gasteiger partial charge in [-0.05, 0) is 49.2 Å². The van der Waals surface area contributed by atoms with Gasteiger partial charge in [0.15, 0.2) is 0 Å². The second-order valence-electron chi connectivity index (χ2n) is 8.52. The van der Waals surface area contributed by atoms with Gasteiger partial charge < -0.3 is 14.2 Å². The Labute approximate surface area is 208 Å². The van der Waals surface area contributed by atoms with E-state index in [2.05, 4.69) is 0 Å². The monoisotopic (exact) mass is 528 g/mol. The number of hydrogen-bond acceptors (Lipinski definition) is 6. The zero-order valence-corrected chi connectivity index (χ0v) is 20.1. The van der Waals surface area contributed by atoms with Crippen LogP contribution in [0.1, 0.15) is 41.6 Å². The molecule has 2 saturated heterocycles. The van der Waals surface area contributed by atoms with Crippen LogP contribution in [0.15, 0.2) is 47.4 Å². The third-order valence-corrected chi connectivity index (χ3v) is 7.64. The van der Waals surface area contributed by atoms with E-state index in [9.17, 15) is 27.4 Å². The van der Waals surface area contributed by atoms with Crippen molar-refractivity contribution in [3.8, 4) is 11.5 Å². The van der Waals surface area contributed by atoms with Crippen molar-refractivity contribution in [2.75, 3.05) is 26.3 Å². The molecule has 1 amide bonds. The molecule has 2 fully saturated rings. The molecule has 196 valence electrons. The molecule has 2 aliphatic heterocycles. The normalized spacial score (nSPS) is 19.0. The maximum Gasteiger partial charge on any atom is 0.416 e. The topological polar surface area (TPSA) is 97.3 Å². The molecule has 0 spiro atoms. The van der Waals surface area contributed by atoms with Crippen molar-refractivity contribution in [3.63, 3.8) is 0 Å². The summed E-state index contributed by atoms with van der Waals surface area (Å²) >= 11 is 0. The largest absolute Gasteiger partial charge is 0.490 e. The summed E-state index contributed by atoms with van der Waals surface area (Å²) in [7, 11) is -1.72. The van der Waals surface area contributed by atoms with Crippen LogP contribution in [0.3, 0.4) is 0 Å². The molecule has 12 heteroatoms. The highest BCUT2D eigenvalue weighted by Gasteiger charge is 2.31. The van der Waals surface area contributed by atoms with Crippen LogP contribution in [-0.2, 0) is 21.9 Å². The first-order valence-corrected chi connectivity index (χ1v) is 12.7. The van der Waals surface area contributed by atoms with Crippen molar-refractivity contribution in [2.24, 2.45) is 0 Å². The fourth-order valence-electron chi connectivity index (χ4n) is 4.18. The molecule has 0 aromatic heterocycles. The second kappa shape index (κ2) is 11.6. The van der Waals surface area contributed by atoms with Crippen molar-refractivity contribution in [2.45, 2.75) is 49.0 Å². The summed E-state index contributed by atoms with van der Waals surface area (Å²) in [6.45, 7) is 1.84. The van der Waals surface area contributed by atoms with E-state index in [1.54, 1.807) is 28.0 Å². The number of nitrogens with one attached hydrogen (secondary N) is 1. The number of rotatable bonds is 7. The van der Waals surface area contributed by atoms with Crippen molar-refractivity contribution in [1.82, 2.24) is 9.79 Å². The first-order valence-electron chi connectivity index (χ1n) is 11.6. The molecular formula is C24H27F3N2O6S. The van der Waals surface area contributed by atoms with Crippen molar-refractivity contribution >= 4 is 16.9 Å². The van der Waals surface area contributed by atoms with Crippen LogP contribution in [0.2, 0.25) is 0 Å². The van der Waals surface area contributed by atoms with Gasteiger partial charge in [-0.3, -0.25) is 10.0 Å². The Hall–Kier alpha value is -2.67. The molecule has 0 radical (unpaired) electrons. The Kier molecular flexibility index (Phi) is 8.50. The maximum absolute atomic E-state index is 13.4. The van der Waals surface area contributed by atoms with Gasteiger partial charge in [-0.2, -0.15) is 13.2 Å². The first-order chi connectivity index (χ1) is 17.3. The fourth-order valence-corrected chi connectivity index (χ4v) is 5.56. The molecule has 2 aromatic rings. The number of amides is 1. The lowest BCUT2D eigenvalue weighted by atomic mass is 10.1. The Morgan fingerprint density at radius 1 is 1.00 bits per heavy atom. The van der Waals surface area contributed by atoms with E-state index in [1.165, 1.54) is 12.1 Å². The highest BCUT2D eigenvalue weighted by Crippen LogP contribution is 2.32. The minimum absolute atomic E-state index is 0.00736. The molecule has 0 aliphatic carbocycles. The molecule has 1 atom stereocenters. The number of nitrogens with zero attached hydrogens (tertiary/aromatic N) is 1. The van der Waals surface area contributed by atoms with Gasteiger partial charge in [-0.25, -0.2) is 14.0 Å². The molecule has 2 aromatic carbocycles. The van der Waals surface area contributed by atoms with Gasteiger partial charge in [0, 0.05) is 25.9 Å². The molecule has 36 heavy (non-hydrogen) atoms. The van der Waals surface area contributed by atoms with Crippen molar-refractivity contribution in [3.05, 3.63) is 53.6 Å². The Morgan fingerprint density at radius 3 is 2.25 bits per heavy atom. The predicted molar refractivity (Wildman–Crippen MR) is 123 cm³/mol. The molecule has 2 heterocycles. The average Bonchev–Trinajstić information content (AvgIpc) is 2.88. The van der Waals surface area contributed by atoms with Gasteiger partial charge in [-0.15, -0.1) is 0 Å². The van der Waals surface area contributed by atoms with Crippen molar-refractivity contribution < 1.29 is 41.6 Å². The third kappa shape index (κ3) is 6.36. The van der Waals surface area contributed by atoms with E-state index >= 15 is 0 Å². The lowest BCUT2D eigenvalue weighted by molar-refractivity contribution is -0.137. The van der Waals surface area contributed by atoms with E-state index in [-0.39, 0.29) is 28.4 Å². The number of ether oxygens (including phenoxy) is 3. The first kappa shape index (κ1) is 26.4. The molecule has 0 bridgehead atoms. The van der Waals surface area contributed by atoms with Crippen LogP contribution in [0.4, 0.5) is 13.2 Å². The quantitative estimate of drug-likeness (QED) is 0.417. The van der Waals surface area contributed by atoms with Gasteiger partial charge in [0.1, 0.15) is 40.3 Å². The van der Waals surface area contributed by atoms with E-state index in [4.69, 9.17) is 14.2 Å². The summed E-state index contributed by atoms with van der Waals surface area (Å²) in [6.07, 6.45) is -2.53. The molecule has 2 aliphatic rings. The van der Waals surface area contributed by atoms with E-state index in [0.717, 1.165) is 12.1 Å². The number of benzene rings is 2. The van der Waals surface area contributed by atoms with E-state index in [0.29, 0.717) is 57.7 Å². The van der Waals surface area contributed by atoms with Crippen LogP contribution in [0, 0.1) is 0 Å². The average molecular weight is 529 g/mol. The van der Waals surface area contributed by atoms with Gasteiger partial charge in [0.2, 0.25) is 0 Å². The molecule has 2 N–H and O–H groups in total. The number of carbonyl (C=O) groups is 1. The summed E-state index contributed by atoms with van der Waals surface area (Å²) in [5.41, 5.74) is 0.880. The van der Waals surface area contributed by atoms with Crippen molar-refractivity contribution in [1.29, 1.82) is 0 Å². The summed E-state index contributed by atoms with van der Waals surface area (Å²) in [5, 5.41) is 9.31.